The summed E-state index contributed by atoms with van der Waals surface area (Å²) in [5.74, 6) is 0.197. The Bertz CT molecular complexity index is 443. The molecule has 118 valence electrons. The second kappa shape index (κ2) is 8.67. The molecule has 0 aromatic heterocycles. The third-order valence-corrected chi connectivity index (χ3v) is 3.92. The Morgan fingerprint density at radius 2 is 1.81 bits per heavy atom. The SMILES string of the molecule is CCCN(Cc1ccccc1N)C(C)C(=O)N(CC)CC. The van der Waals surface area contributed by atoms with Gasteiger partial charge in [-0.3, -0.25) is 9.69 Å². The first-order valence-electron chi connectivity index (χ1n) is 7.91. The summed E-state index contributed by atoms with van der Waals surface area (Å²) in [5, 5.41) is 0. The van der Waals surface area contributed by atoms with Crippen LogP contribution in [0.1, 0.15) is 39.7 Å². The summed E-state index contributed by atoms with van der Waals surface area (Å²) in [5.41, 5.74) is 7.91. The highest BCUT2D eigenvalue weighted by molar-refractivity contribution is 5.81. The molecule has 0 heterocycles. The van der Waals surface area contributed by atoms with Gasteiger partial charge in [0.05, 0.1) is 6.04 Å². The molecule has 0 aliphatic rings. The molecule has 0 aliphatic heterocycles. The first-order valence-corrected chi connectivity index (χ1v) is 7.91. The van der Waals surface area contributed by atoms with Crippen molar-refractivity contribution in [2.24, 2.45) is 0 Å². The predicted octanol–water partition coefficient (Wildman–Crippen LogP) is 2.74. The van der Waals surface area contributed by atoms with E-state index >= 15 is 0 Å². The number of rotatable bonds is 8. The molecule has 1 aromatic rings. The summed E-state index contributed by atoms with van der Waals surface area (Å²) in [4.78, 5) is 16.7. The van der Waals surface area contributed by atoms with Gasteiger partial charge in [0.1, 0.15) is 0 Å². The molecule has 0 spiro atoms. The van der Waals surface area contributed by atoms with E-state index in [9.17, 15) is 4.79 Å². The van der Waals surface area contributed by atoms with E-state index in [1.807, 2.05) is 49.9 Å². The maximum atomic E-state index is 12.5. The number of hydrogen-bond donors (Lipinski definition) is 1. The molecular formula is C17H29N3O. The number of para-hydroxylation sites is 1. The van der Waals surface area contributed by atoms with Crippen molar-refractivity contribution in [3.05, 3.63) is 29.8 Å². The maximum absolute atomic E-state index is 12.5. The fourth-order valence-corrected chi connectivity index (χ4v) is 2.55. The Labute approximate surface area is 128 Å². The summed E-state index contributed by atoms with van der Waals surface area (Å²) < 4.78 is 0. The van der Waals surface area contributed by atoms with Crippen molar-refractivity contribution in [1.29, 1.82) is 0 Å². The number of amides is 1. The zero-order chi connectivity index (χ0) is 15.8. The van der Waals surface area contributed by atoms with Crippen LogP contribution in [0.25, 0.3) is 0 Å². The van der Waals surface area contributed by atoms with Gasteiger partial charge in [0.25, 0.3) is 0 Å². The number of anilines is 1. The van der Waals surface area contributed by atoms with Gasteiger partial charge >= 0.3 is 0 Å². The van der Waals surface area contributed by atoms with E-state index in [1.54, 1.807) is 0 Å². The average molecular weight is 291 g/mol. The zero-order valence-corrected chi connectivity index (χ0v) is 13.8. The molecular weight excluding hydrogens is 262 g/mol. The molecule has 0 fully saturated rings. The molecule has 21 heavy (non-hydrogen) atoms. The normalized spacial score (nSPS) is 12.4. The lowest BCUT2D eigenvalue weighted by molar-refractivity contribution is -0.136. The van der Waals surface area contributed by atoms with E-state index in [1.165, 1.54) is 0 Å². The van der Waals surface area contributed by atoms with Crippen LogP contribution in [-0.2, 0) is 11.3 Å². The van der Waals surface area contributed by atoms with Gasteiger partial charge in [-0.1, -0.05) is 25.1 Å². The number of nitrogen functional groups attached to an aromatic ring is 1. The molecule has 2 N–H and O–H groups in total. The van der Waals surface area contributed by atoms with Crippen molar-refractivity contribution >= 4 is 11.6 Å². The molecule has 0 saturated carbocycles. The summed E-state index contributed by atoms with van der Waals surface area (Å²) >= 11 is 0. The molecule has 1 rings (SSSR count). The summed E-state index contributed by atoms with van der Waals surface area (Å²) in [6.45, 7) is 11.3. The zero-order valence-electron chi connectivity index (χ0n) is 13.8. The van der Waals surface area contributed by atoms with Crippen LogP contribution in [0, 0.1) is 0 Å². The molecule has 1 unspecified atom stereocenters. The van der Waals surface area contributed by atoms with Gasteiger partial charge in [0, 0.05) is 25.3 Å². The van der Waals surface area contributed by atoms with Gasteiger partial charge in [-0.15, -0.1) is 0 Å². The lowest BCUT2D eigenvalue weighted by Gasteiger charge is -2.32. The Morgan fingerprint density at radius 3 is 2.33 bits per heavy atom. The van der Waals surface area contributed by atoms with E-state index in [4.69, 9.17) is 5.73 Å². The van der Waals surface area contributed by atoms with Crippen LogP contribution < -0.4 is 5.73 Å². The fourth-order valence-electron chi connectivity index (χ4n) is 2.55. The van der Waals surface area contributed by atoms with Crippen molar-refractivity contribution in [3.8, 4) is 0 Å². The maximum Gasteiger partial charge on any atom is 0.239 e. The van der Waals surface area contributed by atoms with Gasteiger partial charge in [-0.2, -0.15) is 0 Å². The van der Waals surface area contributed by atoms with Crippen LogP contribution in [0.4, 0.5) is 5.69 Å². The summed E-state index contributed by atoms with van der Waals surface area (Å²) in [6, 6.07) is 7.76. The van der Waals surface area contributed by atoms with Crippen LogP contribution in [-0.4, -0.2) is 41.4 Å². The number of benzene rings is 1. The lowest BCUT2D eigenvalue weighted by atomic mass is 10.1. The van der Waals surface area contributed by atoms with Crippen molar-refractivity contribution < 1.29 is 4.79 Å². The number of carbonyl (C=O) groups is 1. The van der Waals surface area contributed by atoms with Crippen molar-refractivity contribution in [2.45, 2.75) is 46.7 Å². The van der Waals surface area contributed by atoms with E-state index < -0.39 is 0 Å². The van der Waals surface area contributed by atoms with Crippen LogP contribution in [0.3, 0.4) is 0 Å². The second-order valence-electron chi connectivity index (χ2n) is 5.36. The van der Waals surface area contributed by atoms with Gasteiger partial charge in [-0.05, 0) is 45.4 Å². The standard InChI is InChI=1S/C17H29N3O/c1-5-12-20(13-15-10-8-9-11-16(15)18)14(4)17(21)19(6-2)7-3/h8-11,14H,5-7,12-13,18H2,1-4H3. The largest absolute Gasteiger partial charge is 0.398 e. The second-order valence-corrected chi connectivity index (χ2v) is 5.36. The minimum absolute atomic E-state index is 0.121. The summed E-state index contributed by atoms with van der Waals surface area (Å²) in [7, 11) is 0. The fraction of sp³-hybridized carbons (Fsp3) is 0.588. The molecule has 1 atom stereocenters. The monoisotopic (exact) mass is 291 g/mol. The van der Waals surface area contributed by atoms with Gasteiger partial charge in [0.15, 0.2) is 0 Å². The smallest absolute Gasteiger partial charge is 0.239 e. The third kappa shape index (κ3) is 4.74. The molecule has 0 bridgehead atoms. The third-order valence-electron chi connectivity index (χ3n) is 3.92. The van der Waals surface area contributed by atoms with Crippen LogP contribution in [0.15, 0.2) is 24.3 Å². The Hall–Kier alpha value is -1.55. The lowest BCUT2D eigenvalue weighted by Crippen LogP contribution is -2.47. The highest BCUT2D eigenvalue weighted by atomic mass is 16.2. The van der Waals surface area contributed by atoms with E-state index in [2.05, 4.69) is 11.8 Å². The van der Waals surface area contributed by atoms with Crippen LogP contribution in [0.2, 0.25) is 0 Å². The van der Waals surface area contributed by atoms with Crippen LogP contribution >= 0.6 is 0 Å². The number of carbonyl (C=O) groups excluding carboxylic acids is 1. The van der Waals surface area contributed by atoms with Crippen molar-refractivity contribution in [2.75, 3.05) is 25.4 Å². The van der Waals surface area contributed by atoms with Crippen molar-refractivity contribution in [3.63, 3.8) is 0 Å². The summed E-state index contributed by atoms with van der Waals surface area (Å²) in [6.07, 6.45) is 1.02. The van der Waals surface area contributed by atoms with E-state index in [0.717, 1.165) is 37.3 Å². The van der Waals surface area contributed by atoms with E-state index in [-0.39, 0.29) is 11.9 Å². The molecule has 0 radical (unpaired) electrons. The molecule has 0 saturated heterocycles. The minimum atomic E-state index is -0.121. The number of nitrogens with two attached hydrogens (primary N) is 1. The number of nitrogens with zero attached hydrogens (tertiary/aromatic N) is 2. The van der Waals surface area contributed by atoms with Crippen LogP contribution in [0.5, 0.6) is 0 Å². The predicted molar refractivity (Wildman–Crippen MR) is 88.9 cm³/mol. The highest BCUT2D eigenvalue weighted by Gasteiger charge is 2.24. The molecule has 4 heteroatoms. The first kappa shape index (κ1) is 17.5. The van der Waals surface area contributed by atoms with Crippen molar-refractivity contribution in [1.82, 2.24) is 9.80 Å². The number of likely N-dealkylation sites (N-methyl/N-ethyl adjacent to an activating group) is 1. The Balaban J connectivity index is 2.85. The van der Waals surface area contributed by atoms with Gasteiger partial charge < -0.3 is 10.6 Å². The quantitative estimate of drug-likeness (QED) is 0.749. The Morgan fingerprint density at radius 1 is 1.19 bits per heavy atom. The molecule has 1 amide bonds. The Kier molecular flexibility index (Phi) is 7.23. The first-order chi connectivity index (χ1) is 10.0. The van der Waals surface area contributed by atoms with Gasteiger partial charge in [0.2, 0.25) is 5.91 Å². The average Bonchev–Trinajstić information content (AvgIpc) is 2.49. The topological polar surface area (TPSA) is 49.6 Å². The molecule has 0 aliphatic carbocycles. The number of hydrogen-bond acceptors (Lipinski definition) is 3. The minimum Gasteiger partial charge on any atom is -0.398 e. The molecule has 4 nitrogen and oxygen atoms in total. The van der Waals surface area contributed by atoms with Gasteiger partial charge in [-0.25, -0.2) is 0 Å². The molecule has 1 aromatic carbocycles. The highest BCUT2D eigenvalue weighted by Crippen LogP contribution is 2.16. The van der Waals surface area contributed by atoms with E-state index in [0.29, 0.717) is 6.54 Å².